The van der Waals surface area contributed by atoms with Crippen LogP contribution < -0.4 is 5.73 Å². The molecular weight excluding hydrogens is 166 g/mol. The topological polar surface area (TPSA) is 66.5 Å². The van der Waals surface area contributed by atoms with E-state index in [-0.39, 0.29) is 16.9 Å². The van der Waals surface area contributed by atoms with E-state index in [0.29, 0.717) is 6.54 Å². The van der Waals surface area contributed by atoms with Crippen LogP contribution >= 0.6 is 0 Å². The van der Waals surface area contributed by atoms with Gasteiger partial charge in [0.05, 0.1) is 0 Å². The molecule has 0 heterocycles. The number of nitrogens with two attached hydrogens (primary N) is 1. The lowest BCUT2D eigenvalue weighted by molar-refractivity contribution is 0.402. The molecule has 1 fully saturated rings. The Bertz CT molecular complexity index is 332. The third-order valence-electron chi connectivity index (χ3n) is 2.83. The second-order valence-corrected chi connectivity index (χ2v) is 3.69. The van der Waals surface area contributed by atoms with Gasteiger partial charge in [0.25, 0.3) is 0 Å². The van der Waals surface area contributed by atoms with Crippen molar-refractivity contribution in [1.29, 1.82) is 0 Å². The van der Waals surface area contributed by atoms with Crippen LogP contribution in [0.25, 0.3) is 0 Å². The number of aromatic hydroxyl groups is 2. The minimum Gasteiger partial charge on any atom is -0.504 e. The van der Waals surface area contributed by atoms with E-state index < -0.39 is 0 Å². The molecule has 0 atom stereocenters. The fourth-order valence-corrected chi connectivity index (χ4v) is 1.61. The Balaban J connectivity index is 2.37. The number of phenols is 2. The molecule has 0 radical (unpaired) electrons. The first-order valence-corrected chi connectivity index (χ1v) is 4.40. The number of rotatable bonds is 2. The average Bonchev–Trinajstić information content (AvgIpc) is 2.90. The molecule has 1 aliphatic rings. The molecular formula is C10H13NO2. The summed E-state index contributed by atoms with van der Waals surface area (Å²) in [5, 5.41) is 18.4. The van der Waals surface area contributed by atoms with E-state index in [9.17, 15) is 5.11 Å². The molecule has 0 bridgehead atoms. The summed E-state index contributed by atoms with van der Waals surface area (Å²) < 4.78 is 0. The molecule has 1 aromatic carbocycles. The number of benzene rings is 1. The van der Waals surface area contributed by atoms with Gasteiger partial charge in [-0.15, -0.1) is 0 Å². The van der Waals surface area contributed by atoms with Gasteiger partial charge in [0.2, 0.25) is 0 Å². The summed E-state index contributed by atoms with van der Waals surface area (Å²) >= 11 is 0. The molecule has 0 saturated heterocycles. The summed E-state index contributed by atoms with van der Waals surface area (Å²) in [6.45, 7) is 0.608. The van der Waals surface area contributed by atoms with Crippen LogP contribution in [-0.2, 0) is 5.41 Å². The second kappa shape index (κ2) is 2.64. The van der Waals surface area contributed by atoms with Gasteiger partial charge in [0.15, 0.2) is 11.5 Å². The van der Waals surface area contributed by atoms with Gasteiger partial charge in [0, 0.05) is 12.0 Å². The first-order chi connectivity index (χ1) is 6.18. The standard InChI is InChI=1S/C10H13NO2/c11-6-10(3-4-10)7-1-2-8(12)9(13)5-7/h1-2,5,12-13H,3-4,6,11H2. The van der Waals surface area contributed by atoms with Crippen LogP contribution in [0.4, 0.5) is 0 Å². The van der Waals surface area contributed by atoms with E-state index in [2.05, 4.69) is 0 Å². The predicted octanol–water partition coefficient (Wildman–Crippen LogP) is 1.09. The largest absolute Gasteiger partial charge is 0.504 e. The molecule has 70 valence electrons. The average molecular weight is 179 g/mol. The van der Waals surface area contributed by atoms with E-state index in [0.717, 1.165) is 18.4 Å². The maximum Gasteiger partial charge on any atom is 0.157 e. The van der Waals surface area contributed by atoms with E-state index in [1.807, 2.05) is 6.07 Å². The Morgan fingerprint density at radius 1 is 1.23 bits per heavy atom. The van der Waals surface area contributed by atoms with Crippen LogP contribution in [0.2, 0.25) is 0 Å². The molecule has 1 aliphatic carbocycles. The predicted molar refractivity (Wildman–Crippen MR) is 49.7 cm³/mol. The number of hydrogen-bond acceptors (Lipinski definition) is 3. The van der Waals surface area contributed by atoms with Crippen molar-refractivity contribution in [3.8, 4) is 11.5 Å². The van der Waals surface area contributed by atoms with Gasteiger partial charge in [-0.1, -0.05) is 6.07 Å². The van der Waals surface area contributed by atoms with E-state index in [1.165, 1.54) is 6.07 Å². The third kappa shape index (κ3) is 1.25. The highest BCUT2D eigenvalue weighted by atomic mass is 16.3. The summed E-state index contributed by atoms with van der Waals surface area (Å²) in [5.74, 6) is -0.131. The van der Waals surface area contributed by atoms with Crippen LogP contribution in [0.1, 0.15) is 18.4 Å². The van der Waals surface area contributed by atoms with Crippen LogP contribution in [0.15, 0.2) is 18.2 Å². The molecule has 3 nitrogen and oxygen atoms in total. The monoisotopic (exact) mass is 179 g/mol. The van der Waals surface area contributed by atoms with Crippen molar-refractivity contribution in [2.75, 3.05) is 6.54 Å². The smallest absolute Gasteiger partial charge is 0.157 e. The van der Waals surface area contributed by atoms with Crippen molar-refractivity contribution < 1.29 is 10.2 Å². The van der Waals surface area contributed by atoms with Gasteiger partial charge in [-0.05, 0) is 30.5 Å². The van der Waals surface area contributed by atoms with Crippen LogP contribution in [-0.4, -0.2) is 16.8 Å². The molecule has 0 amide bonds. The van der Waals surface area contributed by atoms with Crippen molar-refractivity contribution >= 4 is 0 Å². The minimum absolute atomic E-state index is 0.0581. The van der Waals surface area contributed by atoms with Crippen molar-refractivity contribution in [2.24, 2.45) is 5.73 Å². The maximum atomic E-state index is 9.30. The molecule has 0 aliphatic heterocycles. The molecule has 2 rings (SSSR count). The first kappa shape index (κ1) is 8.38. The van der Waals surface area contributed by atoms with Crippen LogP contribution in [0.3, 0.4) is 0 Å². The minimum atomic E-state index is -0.0726. The lowest BCUT2D eigenvalue weighted by atomic mass is 9.96. The molecule has 1 aromatic rings. The van der Waals surface area contributed by atoms with E-state index >= 15 is 0 Å². The van der Waals surface area contributed by atoms with Crippen molar-refractivity contribution in [2.45, 2.75) is 18.3 Å². The van der Waals surface area contributed by atoms with E-state index in [1.54, 1.807) is 6.07 Å². The Labute approximate surface area is 76.8 Å². The maximum absolute atomic E-state index is 9.30. The van der Waals surface area contributed by atoms with Crippen molar-refractivity contribution in [1.82, 2.24) is 0 Å². The normalized spacial score (nSPS) is 18.5. The number of phenolic OH excluding ortho intramolecular Hbond substituents is 2. The molecule has 13 heavy (non-hydrogen) atoms. The summed E-state index contributed by atoms with van der Waals surface area (Å²) in [7, 11) is 0. The van der Waals surface area contributed by atoms with Gasteiger partial charge < -0.3 is 15.9 Å². The third-order valence-corrected chi connectivity index (χ3v) is 2.83. The molecule has 0 unspecified atom stereocenters. The SMILES string of the molecule is NCC1(c2ccc(O)c(O)c2)CC1. The molecule has 0 aromatic heterocycles. The van der Waals surface area contributed by atoms with Gasteiger partial charge >= 0.3 is 0 Å². The van der Waals surface area contributed by atoms with Crippen molar-refractivity contribution in [3.63, 3.8) is 0 Å². The summed E-state index contributed by atoms with van der Waals surface area (Å²) in [6.07, 6.45) is 2.15. The quantitative estimate of drug-likeness (QED) is 0.595. The van der Waals surface area contributed by atoms with Gasteiger partial charge in [-0.3, -0.25) is 0 Å². The molecule has 0 spiro atoms. The molecule has 3 heteroatoms. The second-order valence-electron chi connectivity index (χ2n) is 3.69. The first-order valence-electron chi connectivity index (χ1n) is 4.40. The fraction of sp³-hybridized carbons (Fsp3) is 0.400. The summed E-state index contributed by atoms with van der Waals surface area (Å²) in [6, 6.07) is 4.95. The van der Waals surface area contributed by atoms with Gasteiger partial charge in [-0.2, -0.15) is 0 Å². The number of hydrogen-bond donors (Lipinski definition) is 3. The Kier molecular flexibility index (Phi) is 1.70. The lowest BCUT2D eigenvalue weighted by Crippen LogP contribution is -2.19. The fourth-order valence-electron chi connectivity index (χ4n) is 1.61. The summed E-state index contributed by atoms with van der Waals surface area (Å²) in [5.41, 5.74) is 6.75. The highest BCUT2D eigenvalue weighted by molar-refractivity contribution is 5.45. The Morgan fingerprint density at radius 2 is 1.92 bits per heavy atom. The molecule has 4 N–H and O–H groups in total. The van der Waals surface area contributed by atoms with Crippen LogP contribution in [0.5, 0.6) is 11.5 Å². The Morgan fingerprint density at radius 3 is 2.38 bits per heavy atom. The van der Waals surface area contributed by atoms with Crippen molar-refractivity contribution in [3.05, 3.63) is 23.8 Å². The van der Waals surface area contributed by atoms with Gasteiger partial charge in [0.1, 0.15) is 0 Å². The lowest BCUT2D eigenvalue weighted by Gasteiger charge is -2.12. The zero-order valence-corrected chi connectivity index (χ0v) is 7.33. The Hall–Kier alpha value is -1.22. The molecule has 1 saturated carbocycles. The zero-order chi connectivity index (χ0) is 9.47. The van der Waals surface area contributed by atoms with E-state index in [4.69, 9.17) is 10.8 Å². The zero-order valence-electron chi connectivity index (χ0n) is 7.33. The highest BCUT2D eigenvalue weighted by Gasteiger charge is 2.43. The highest BCUT2D eigenvalue weighted by Crippen LogP contribution is 2.48. The summed E-state index contributed by atoms with van der Waals surface area (Å²) in [4.78, 5) is 0. The van der Waals surface area contributed by atoms with Gasteiger partial charge in [-0.25, -0.2) is 0 Å². The van der Waals surface area contributed by atoms with Crippen LogP contribution in [0, 0.1) is 0 Å².